The van der Waals surface area contributed by atoms with Crippen LogP contribution in [-0.4, -0.2) is 41.2 Å². The summed E-state index contributed by atoms with van der Waals surface area (Å²) in [7, 11) is 0. The van der Waals surface area contributed by atoms with Gasteiger partial charge in [-0.2, -0.15) is 0 Å². The molecule has 0 saturated heterocycles. The van der Waals surface area contributed by atoms with Gasteiger partial charge in [-0.1, -0.05) is 48.5 Å². The smallest absolute Gasteiger partial charge is 0.337 e. The quantitative estimate of drug-likeness (QED) is 0.550. The van der Waals surface area contributed by atoms with Gasteiger partial charge in [-0.15, -0.1) is 11.8 Å². The van der Waals surface area contributed by atoms with Crippen LogP contribution in [0.2, 0.25) is 0 Å². The Bertz CT molecular complexity index is 1110. The largest absolute Gasteiger partial charge is 0.508 e. The van der Waals surface area contributed by atoms with Crippen LogP contribution in [0.15, 0.2) is 95.3 Å². The van der Waals surface area contributed by atoms with E-state index < -0.39 is 18.2 Å². The molecule has 33 heavy (non-hydrogen) atoms. The van der Waals surface area contributed by atoms with Crippen LogP contribution in [0, 0.1) is 0 Å². The second-order valence-corrected chi connectivity index (χ2v) is 8.51. The molecule has 170 valence electrons. The van der Waals surface area contributed by atoms with Crippen molar-refractivity contribution in [3.63, 3.8) is 0 Å². The summed E-state index contributed by atoms with van der Waals surface area (Å²) in [4.78, 5) is 25.3. The zero-order valence-electron chi connectivity index (χ0n) is 18.2. The van der Waals surface area contributed by atoms with Crippen molar-refractivity contribution in [2.45, 2.75) is 19.1 Å². The van der Waals surface area contributed by atoms with Gasteiger partial charge < -0.3 is 19.9 Å². The van der Waals surface area contributed by atoms with Crippen molar-refractivity contribution in [3.8, 4) is 0 Å². The molecule has 0 bridgehead atoms. The second kappa shape index (κ2) is 10.6. The van der Waals surface area contributed by atoms with Gasteiger partial charge >= 0.3 is 5.97 Å². The molecule has 2 unspecified atom stereocenters. The first kappa shape index (κ1) is 22.9. The third kappa shape index (κ3) is 5.21. The predicted molar refractivity (Wildman–Crippen MR) is 129 cm³/mol. The molecule has 6 nitrogen and oxygen atoms in total. The topological polar surface area (TPSA) is 84.9 Å². The number of thioether (sulfide) groups is 1. The van der Waals surface area contributed by atoms with Crippen LogP contribution in [0.3, 0.4) is 0 Å². The number of amides is 1. The van der Waals surface area contributed by atoms with E-state index in [0.29, 0.717) is 22.5 Å². The third-order valence-electron chi connectivity index (χ3n) is 5.32. The van der Waals surface area contributed by atoms with Crippen molar-refractivity contribution in [3.05, 3.63) is 101 Å². The minimum atomic E-state index is -0.595. The van der Waals surface area contributed by atoms with Gasteiger partial charge in [0.15, 0.2) is 0 Å². The van der Waals surface area contributed by atoms with Crippen LogP contribution in [0.4, 0.5) is 5.69 Å². The minimum absolute atomic E-state index is 0.0660. The molecule has 1 aliphatic heterocycles. The Morgan fingerprint density at radius 2 is 1.79 bits per heavy atom. The Balaban J connectivity index is 1.56. The number of para-hydroxylation sites is 1. The van der Waals surface area contributed by atoms with Gasteiger partial charge in [-0.3, -0.25) is 4.79 Å². The highest BCUT2D eigenvalue weighted by molar-refractivity contribution is 8.00. The lowest BCUT2D eigenvalue weighted by atomic mass is 9.90. The van der Waals surface area contributed by atoms with E-state index in [1.165, 1.54) is 11.8 Å². The van der Waals surface area contributed by atoms with E-state index in [1.54, 1.807) is 19.1 Å². The number of hydrogen-bond donors (Lipinski definition) is 2. The molecule has 4 rings (SSSR count). The Hall–Kier alpha value is -3.29. The Morgan fingerprint density at radius 1 is 1.09 bits per heavy atom. The lowest BCUT2D eigenvalue weighted by Crippen LogP contribution is -2.18. The fourth-order valence-corrected chi connectivity index (χ4v) is 4.75. The third-order valence-corrected chi connectivity index (χ3v) is 6.28. The molecule has 0 radical (unpaired) electrons. The highest BCUT2D eigenvalue weighted by Crippen LogP contribution is 2.45. The first-order valence-corrected chi connectivity index (χ1v) is 11.9. The van der Waals surface area contributed by atoms with Crippen molar-refractivity contribution >= 4 is 29.3 Å². The number of aliphatic hydroxyl groups excluding tert-OH is 1. The molecule has 1 heterocycles. The van der Waals surface area contributed by atoms with Crippen LogP contribution in [0.25, 0.3) is 0 Å². The zero-order chi connectivity index (χ0) is 23.2. The number of esters is 1. The predicted octanol–water partition coefficient (Wildman–Crippen LogP) is 4.74. The number of fused-ring (bicyclic) bond motifs is 1. The highest BCUT2D eigenvalue weighted by atomic mass is 32.2. The van der Waals surface area contributed by atoms with Crippen molar-refractivity contribution < 1.29 is 24.2 Å². The van der Waals surface area contributed by atoms with Crippen LogP contribution < -0.4 is 5.32 Å². The highest BCUT2D eigenvalue weighted by Gasteiger charge is 2.42. The lowest BCUT2D eigenvalue weighted by molar-refractivity contribution is -0.139. The van der Waals surface area contributed by atoms with E-state index in [-0.39, 0.29) is 24.0 Å². The minimum Gasteiger partial charge on any atom is -0.508 e. The molecule has 0 saturated carbocycles. The average Bonchev–Trinajstić information content (AvgIpc) is 3.22. The molecule has 0 spiro atoms. The summed E-state index contributed by atoms with van der Waals surface area (Å²) in [6, 6.07) is 18.7. The molecule has 2 atom stereocenters. The van der Waals surface area contributed by atoms with E-state index >= 15 is 0 Å². The first-order valence-electron chi connectivity index (χ1n) is 10.7. The Morgan fingerprint density at radius 3 is 2.48 bits per heavy atom. The van der Waals surface area contributed by atoms with E-state index in [9.17, 15) is 14.7 Å². The number of anilines is 1. The van der Waals surface area contributed by atoms with Gasteiger partial charge in [0.1, 0.15) is 18.0 Å². The molecule has 2 aliphatic rings. The number of aliphatic hydroxyl groups is 1. The maximum absolute atomic E-state index is 13.0. The standard InChI is InChI=1S/C26H25NO5S/c1-2-31-26(30)24-23-19(15-33-16-22(29)27-18-11-7-4-8-12-18)20(28)13-14-21(23)32-25(24)17-9-5-3-6-10-17/h3-14,21,25,28H,2,15-16H2,1H3,(H,27,29). The molecule has 1 aliphatic carbocycles. The van der Waals surface area contributed by atoms with E-state index in [0.717, 1.165) is 11.3 Å². The van der Waals surface area contributed by atoms with E-state index in [1.807, 2.05) is 60.7 Å². The van der Waals surface area contributed by atoms with Gasteiger partial charge in [0.05, 0.1) is 17.9 Å². The average molecular weight is 464 g/mol. The normalized spacial score (nSPS) is 19.4. The molecular weight excluding hydrogens is 438 g/mol. The summed E-state index contributed by atoms with van der Waals surface area (Å²) in [5.74, 6) is 0.00877. The van der Waals surface area contributed by atoms with Gasteiger partial charge in [0, 0.05) is 22.6 Å². The van der Waals surface area contributed by atoms with E-state index in [4.69, 9.17) is 9.47 Å². The Labute approximate surface area is 197 Å². The summed E-state index contributed by atoms with van der Waals surface area (Å²) in [6.07, 6.45) is 2.26. The van der Waals surface area contributed by atoms with Crippen molar-refractivity contribution in [2.24, 2.45) is 0 Å². The SMILES string of the molecule is CCOC(=O)C1=C2C(CSCC(=O)Nc3ccccc3)=C(O)C=CC2OC1c1ccccc1. The van der Waals surface area contributed by atoms with Crippen molar-refractivity contribution in [1.29, 1.82) is 0 Å². The summed E-state index contributed by atoms with van der Waals surface area (Å²) in [6.45, 7) is 1.99. The number of hydrogen-bond acceptors (Lipinski definition) is 6. The molecule has 0 fully saturated rings. The summed E-state index contributed by atoms with van der Waals surface area (Å²) >= 11 is 1.36. The monoisotopic (exact) mass is 463 g/mol. The van der Waals surface area contributed by atoms with Gasteiger partial charge in [0.2, 0.25) is 5.91 Å². The lowest BCUT2D eigenvalue weighted by Gasteiger charge is -2.19. The summed E-state index contributed by atoms with van der Waals surface area (Å²) in [5.41, 5.74) is 3.17. The number of rotatable bonds is 8. The van der Waals surface area contributed by atoms with Crippen LogP contribution >= 0.6 is 11.8 Å². The molecule has 0 aromatic heterocycles. The van der Waals surface area contributed by atoms with Crippen molar-refractivity contribution in [2.75, 3.05) is 23.4 Å². The summed E-state index contributed by atoms with van der Waals surface area (Å²) in [5, 5.41) is 13.5. The zero-order valence-corrected chi connectivity index (χ0v) is 19.0. The van der Waals surface area contributed by atoms with Gasteiger partial charge in [0.25, 0.3) is 0 Å². The van der Waals surface area contributed by atoms with E-state index in [2.05, 4.69) is 5.32 Å². The fourth-order valence-electron chi connectivity index (χ4n) is 3.89. The number of nitrogens with one attached hydrogen (secondary N) is 1. The number of ether oxygens (including phenoxy) is 2. The number of benzene rings is 2. The van der Waals surface area contributed by atoms with Crippen LogP contribution in [0.5, 0.6) is 0 Å². The molecule has 1 amide bonds. The first-order chi connectivity index (χ1) is 16.1. The van der Waals surface area contributed by atoms with Crippen LogP contribution in [-0.2, 0) is 19.1 Å². The molecule has 2 N–H and O–H groups in total. The maximum atomic E-state index is 13.0. The molecule has 7 heteroatoms. The molecule has 2 aromatic rings. The van der Waals surface area contributed by atoms with Gasteiger partial charge in [-0.25, -0.2) is 4.79 Å². The maximum Gasteiger partial charge on any atom is 0.337 e. The fraction of sp³-hybridized carbons (Fsp3) is 0.231. The summed E-state index contributed by atoms with van der Waals surface area (Å²) < 4.78 is 11.6. The van der Waals surface area contributed by atoms with Crippen molar-refractivity contribution in [1.82, 2.24) is 0 Å². The Kier molecular flexibility index (Phi) is 7.32. The van der Waals surface area contributed by atoms with Gasteiger partial charge in [-0.05, 0) is 36.8 Å². The molecule has 2 aromatic carbocycles. The number of carbonyl (C=O) groups is 2. The molecular formula is C26H25NO5S. The number of carbonyl (C=O) groups excluding carboxylic acids is 2. The number of allylic oxidation sites excluding steroid dienone is 1. The second-order valence-electron chi connectivity index (χ2n) is 7.53. The van der Waals surface area contributed by atoms with Crippen LogP contribution in [0.1, 0.15) is 18.6 Å².